The van der Waals surface area contributed by atoms with E-state index in [2.05, 4.69) is 5.29 Å². The van der Waals surface area contributed by atoms with Crippen molar-refractivity contribution in [1.29, 1.82) is 0 Å². The number of carbonyl (C=O) groups is 1. The van der Waals surface area contributed by atoms with Crippen LogP contribution in [0.25, 0.3) is 0 Å². The number of carbonyl (C=O) groups excluding carboxylic acids is 1. The third kappa shape index (κ3) is 3.91. The summed E-state index contributed by atoms with van der Waals surface area (Å²) in [7, 11) is 1.45. The lowest BCUT2D eigenvalue weighted by Gasteiger charge is -2.33. The summed E-state index contributed by atoms with van der Waals surface area (Å²) in [4.78, 5) is 21.3. The molecule has 0 aliphatic rings. The third-order valence-corrected chi connectivity index (χ3v) is 1.78. The number of nitrogens with zero attached hydrogens (tertiary/aromatic N) is 2. The molecule has 0 aromatic rings. The molecule has 5 nitrogen and oxygen atoms in total. The Hall–Kier alpha value is -0.840. The van der Waals surface area contributed by atoms with E-state index in [0.717, 1.165) is 5.01 Å². The number of hydrogen-bond donors (Lipinski definition) is 0. The number of esters is 1. The maximum atomic E-state index is 11.0. The highest BCUT2D eigenvalue weighted by Crippen LogP contribution is 2.24. The largest absolute Gasteiger partial charge is 0.439 e. The second kappa shape index (κ2) is 5.14. The number of ether oxygens (including phenoxy) is 1. The quantitative estimate of drug-likeness (QED) is 0.239. The normalized spacial score (nSPS) is 13.2. The zero-order valence-corrected chi connectivity index (χ0v) is 9.54. The molecule has 0 spiro atoms. The Bertz CT molecular complexity index is 215. The van der Waals surface area contributed by atoms with Crippen LogP contribution in [0.3, 0.4) is 0 Å². The first kappa shape index (κ1) is 13.2. The van der Waals surface area contributed by atoms with Gasteiger partial charge in [-0.1, -0.05) is 20.8 Å². The van der Waals surface area contributed by atoms with Crippen LogP contribution in [0.1, 0.15) is 20.8 Å². The van der Waals surface area contributed by atoms with Crippen molar-refractivity contribution in [2.75, 3.05) is 12.9 Å². The number of halogens is 1. The fourth-order valence-electron chi connectivity index (χ4n) is 1.01. The fourth-order valence-corrected chi connectivity index (χ4v) is 1.08. The minimum absolute atomic E-state index is 0.237. The predicted octanol–water partition coefficient (Wildman–Crippen LogP) is 1.75. The van der Waals surface area contributed by atoms with Gasteiger partial charge in [0.2, 0.25) is 0 Å². The highest BCUT2D eigenvalue weighted by atomic mass is 35.5. The molecule has 0 aromatic carbocycles. The molecule has 1 unspecified atom stereocenters. The molecule has 0 aromatic heterocycles. The summed E-state index contributed by atoms with van der Waals surface area (Å²) in [5.41, 5.74) is -0.398. The first-order valence-corrected chi connectivity index (χ1v) is 4.68. The van der Waals surface area contributed by atoms with Crippen LogP contribution in [0.2, 0.25) is 0 Å². The zero-order valence-electron chi connectivity index (χ0n) is 8.78. The van der Waals surface area contributed by atoms with Gasteiger partial charge >= 0.3 is 5.97 Å². The van der Waals surface area contributed by atoms with Crippen molar-refractivity contribution < 1.29 is 9.53 Å². The van der Waals surface area contributed by atoms with Crippen LogP contribution in [0, 0.1) is 10.3 Å². The third-order valence-electron chi connectivity index (χ3n) is 1.56. The lowest BCUT2D eigenvalue weighted by Crippen LogP contribution is -2.42. The van der Waals surface area contributed by atoms with Gasteiger partial charge in [-0.05, 0) is 0 Å². The molecule has 0 amide bonds. The van der Waals surface area contributed by atoms with E-state index >= 15 is 0 Å². The van der Waals surface area contributed by atoms with Crippen molar-refractivity contribution in [3.63, 3.8) is 0 Å². The molecule has 14 heavy (non-hydrogen) atoms. The van der Waals surface area contributed by atoms with Gasteiger partial charge in [0, 0.05) is 12.5 Å². The molecule has 0 saturated heterocycles. The molecule has 0 aliphatic heterocycles. The van der Waals surface area contributed by atoms with Crippen LogP contribution < -0.4 is 0 Å². The first-order valence-electron chi connectivity index (χ1n) is 4.14. The van der Waals surface area contributed by atoms with Crippen molar-refractivity contribution in [3.05, 3.63) is 4.91 Å². The molecule has 0 saturated carbocycles. The highest BCUT2D eigenvalue weighted by molar-refractivity contribution is 6.26. The fraction of sp³-hybridized carbons (Fsp3) is 0.875. The van der Waals surface area contributed by atoms with Crippen molar-refractivity contribution in [2.24, 2.45) is 10.7 Å². The monoisotopic (exact) mass is 222 g/mol. The van der Waals surface area contributed by atoms with Gasteiger partial charge in [-0.2, -0.15) is 0 Å². The van der Waals surface area contributed by atoms with Gasteiger partial charge in [0.05, 0.1) is 5.29 Å². The van der Waals surface area contributed by atoms with Crippen LogP contribution in [-0.4, -0.2) is 30.1 Å². The van der Waals surface area contributed by atoms with E-state index < -0.39 is 17.6 Å². The summed E-state index contributed by atoms with van der Waals surface area (Å²) >= 11 is 5.29. The summed E-state index contributed by atoms with van der Waals surface area (Å²) in [6.07, 6.45) is -0.703. The summed E-state index contributed by atoms with van der Waals surface area (Å²) in [6.45, 7) is 5.50. The standard InChI is InChI=1S/C8H15ClN2O3/c1-8(2,3)7(11(4)10-13)14-6(12)5-9/h7H,5H2,1-4H3. The van der Waals surface area contributed by atoms with Gasteiger partial charge in [0.25, 0.3) is 0 Å². The first-order chi connectivity index (χ1) is 6.32. The summed E-state index contributed by atoms with van der Waals surface area (Å²) in [5.74, 6) is -0.804. The predicted molar refractivity (Wildman–Crippen MR) is 53.6 cm³/mol. The van der Waals surface area contributed by atoms with E-state index in [1.54, 1.807) is 0 Å². The van der Waals surface area contributed by atoms with Crippen LogP contribution in [0.4, 0.5) is 0 Å². The van der Waals surface area contributed by atoms with Gasteiger partial charge in [-0.25, -0.2) is 5.01 Å². The molecule has 0 rings (SSSR count). The Morgan fingerprint density at radius 1 is 1.57 bits per heavy atom. The van der Waals surface area contributed by atoms with E-state index in [4.69, 9.17) is 16.3 Å². The molecular weight excluding hydrogens is 208 g/mol. The van der Waals surface area contributed by atoms with Crippen LogP contribution in [0.15, 0.2) is 5.29 Å². The minimum atomic E-state index is -0.703. The van der Waals surface area contributed by atoms with E-state index in [9.17, 15) is 9.70 Å². The zero-order chi connectivity index (χ0) is 11.4. The average Bonchev–Trinajstić information content (AvgIpc) is 2.10. The minimum Gasteiger partial charge on any atom is -0.439 e. The van der Waals surface area contributed by atoms with Crippen molar-refractivity contribution >= 4 is 17.6 Å². The Kier molecular flexibility index (Phi) is 4.83. The van der Waals surface area contributed by atoms with Crippen molar-refractivity contribution in [1.82, 2.24) is 5.01 Å². The second-order valence-corrected chi connectivity index (χ2v) is 4.26. The lowest BCUT2D eigenvalue weighted by atomic mass is 9.94. The Morgan fingerprint density at radius 2 is 2.07 bits per heavy atom. The van der Waals surface area contributed by atoms with E-state index in [-0.39, 0.29) is 5.88 Å². The number of nitroso groups, excluding NO2 is 1. The van der Waals surface area contributed by atoms with Crippen LogP contribution in [-0.2, 0) is 9.53 Å². The topological polar surface area (TPSA) is 59.0 Å². The maximum Gasteiger partial charge on any atom is 0.322 e. The Labute approximate surface area is 88.3 Å². The van der Waals surface area contributed by atoms with Gasteiger partial charge in [-0.15, -0.1) is 16.5 Å². The summed E-state index contributed by atoms with van der Waals surface area (Å²) in [5, 5.41) is 3.77. The van der Waals surface area contributed by atoms with Crippen molar-refractivity contribution in [3.8, 4) is 0 Å². The molecule has 0 fully saturated rings. The van der Waals surface area contributed by atoms with E-state index in [1.165, 1.54) is 7.05 Å². The number of rotatable bonds is 4. The Morgan fingerprint density at radius 3 is 2.36 bits per heavy atom. The van der Waals surface area contributed by atoms with Crippen molar-refractivity contribution in [2.45, 2.75) is 27.0 Å². The smallest absolute Gasteiger partial charge is 0.322 e. The summed E-state index contributed by atoms with van der Waals surface area (Å²) in [6, 6.07) is 0. The number of alkyl halides is 1. The molecule has 0 heterocycles. The highest BCUT2D eigenvalue weighted by Gasteiger charge is 2.32. The summed E-state index contributed by atoms with van der Waals surface area (Å²) < 4.78 is 4.98. The van der Waals surface area contributed by atoms with Gasteiger partial charge in [-0.3, -0.25) is 4.79 Å². The molecule has 0 bridgehead atoms. The second-order valence-electron chi connectivity index (χ2n) is 4.00. The van der Waals surface area contributed by atoms with Crippen LogP contribution in [0.5, 0.6) is 0 Å². The van der Waals surface area contributed by atoms with Gasteiger partial charge in [0.15, 0.2) is 6.23 Å². The molecule has 0 aliphatic carbocycles. The molecule has 0 radical (unpaired) electrons. The van der Waals surface area contributed by atoms with Crippen LogP contribution >= 0.6 is 11.6 Å². The van der Waals surface area contributed by atoms with Gasteiger partial charge in [0.1, 0.15) is 5.88 Å². The van der Waals surface area contributed by atoms with Gasteiger partial charge < -0.3 is 4.74 Å². The molecule has 1 atom stereocenters. The number of hydrogen-bond acceptors (Lipinski definition) is 4. The lowest BCUT2D eigenvalue weighted by molar-refractivity contribution is -0.166. The van der Waals surface area contributed by atoms with E-state index in [1.807, 2.05) is 20.8 Å². The van der Waals surface area contributed by atoms with E-state index in [0.29, 0.717) is 0 Å². The molecule has 6 heteroatoms. The molecular formula is C8H15ClN2O3. The Balaban J connectivity index is 4.57. The molecule has 82 valence electrons. The maximum absolute atomic E-state index is 11.0. The average molecular weight is 223 g/mol. The molecule has 0 N–H and O–H groups in total. The SMILES string of the molecule is CN(N=O)C(OC(=O)CCl)C(C)(C)C.